The summed E-state index contributed by atoms with van der Waals surface area (Å²) in [5, 5.41) is 10.2. The number of aryl methyl sites for hydroxylation is 1. The number of hydrogen-bond donors (Lipinski definition) is 1. The summed E-state index contributed by atoms with van der Waals surface area (Å²) in [5.41, 5.74) is 1.79. The van der Waals surface area contributed by atoms with E-state index in [2.05, 4.69) is 0 Å². The highest BCUT2D eigenvalue weighted by molar-refractivity contribution is 7.92. The van der Waals surface area contributed by atoms with Gasteiger partial charge in [-0.15, -0.1) is 0 Å². The summed E-state index contributed by atoms with van der Waals surface area (Å²) in [6.45, 7) is 1.90. The first-order valence-corrected chi connectivity index (χ1v) is 11.3. The minimum atomic E-state index is -3.73. The van der Waals surface area contributed by atoms with Gasteiger partial charge in [-0.1, -0.05) is 36.6 Å². The van der Waals surface area contributed by atoms with Crippen molar-refractivity contribution in [1.82, 2.24) is 4.90 Å². The van der Waals surface area contributed by atoms with Gasteiger partial charge in [-0.25, -0.2) is 8.42 Å². The van der Waals surface area contributed by atoms with Crippen molar-refractivity contribution >= 4 is 21.6 Å². The zero-order chi connectivity index (χ0) is 21.2. The highest BCUT2D eigenvalue weighted by Crippen LogP contribution is 2.26. The highest BCUT2D eigenvalue weighted by Gasteiger charge is 2.30. The molecule has 1 aliphatic rings. The minimum Gasteiger partial charge on any atom is -0.391 e. The van der Waals surface area contributed by atoms with Crippen molar-refractivity contribution < 1.29 is 18.3 Å². The Morgan fingerprint density at radius 3 is 2.34 bits per heavy atom. The summed E-state index contributed by atoms with van der Waals surface area (Å²) in [4.78, 5) is 14.7. The normalized spacial score (nSPS) is 19.6. The van der Waals surface area contributed by atoms with Crippen molar-refractivity contribution in [2.24, 2.45) is 0 Å². The van der Waals surface area contributed by atoms with Crippen molar-refractivity contribution in [1.29, 1.82) is 0 Å². The molecule has 0 saturated heterocycles. The van der Waals surface area contributed by atoms with E-state index >= 15 is 0 Å². The van der Waals surface area contributed by atoms with Gasteiger partial charge in [-0.05, 0) is 50.1 Å². The molecule has 156 valence electrons. The molecule has 3 rings (SSSR count). The van der Waals surface area contributed by atoms with Crippen molar-refractivity contribution in [3.8, 4) is 0 Å². The molecule has 0 bridgehead atoms. The van der Waals surface area contributed by atoms with Crippen molar-refractivity contribution in [2.45, 2.75) is 49.6 Å². The van der Waals surface area contributed by atoms with E-state index in [9.17, 15) is 18.3 Å². The van der Waals surface area contributed by atoms with Crippen LogP contribution in [0.15, 0.2) is 53.4 Å². The largest absolute Gasteiger partial charge is 0.391 e. The molecule has 0 heterocycles. The Morgan fingerprint density at radius 2 is 1.69 bits per heavy atom. The van der Waals surface area contributed by atoms with Crippen LogP contribution in [0.25, 0.3) is 0 Å². The Bertz CT molecular complexity index is 973. The molecule has 2 atom stereocenters. The average molecular weight is 417 g/mol. The number of aliphatic hydroxyl groups excluding tert-OH is 1. The molecule has 6 nitrogen and oxygen atoms in total. The highest BCUT2D eigenvalue weighted by atomic mass is 32.2. The third-order valence-electron chi connectivity index (χ3n) is 5.65. The van der Waals surface area contributed by atoms with Gasteiger partial charge in [-0.2, -0.15) is 0 Å². The molecule has 29 heavy (non-hydrogen) atoms. The molecule has 1 amide bonds. The smallest absolute Gasteiger partial charge is 0.264 e. The van der Waals surface area contributed by atoms with Crippen molar-refractivity contribution in [3.63, 3.8) is 0 Å². The zero-order valence-corrected chi connectivity index (χ0v) is 17.9. The number of carbonyl (C=O) groups is 1. The summed E-state index contributed by atoms with van der Waals surface area (Å²) < 4.78 is 27.1. The molecule has 1 saturated carbocycles. The maximum Gasteiger partial charge on any atom is 0.264 e. The number of nitrogens with zero attached hydrogens (tertiary/aromatic N) is 2. The molecule has 1 aliphatic carbocycles. The second kappa shape index (κ2) is 8.55. The molecular weight excluding hydrogens is 388 g/mol. The second-order valence-corrected chi connectivity index (χ2v) is 9.64. The first-order valence-electron chi connectivity index (χ1n) is 9.82. The van der Waals surface area contributed by atoms with Crippen molar-refractivity contribution in [2.75, 3.05) is 18.4 Å². The van der Waals surface area contributed by atoms with Gasteiger partial charge in [0.25, 0.3) is 15.9 Å². The number of benzene rings is 2. The van der Waals surface area contributed by atoms with Gasteiger partial charge in [0.2, 0.25) is 0 Å². The molecule has 1 N–H and O–H groups in total. The Labute approximate surface area is 172 Å². The van der Waals surface area contributed by atoms with Crippen LogP contribution in [0.3, 0.4) is 0 Å². The van der Waals surface area contributed by atoms with Gasteiger partial charge in [0.05, 0.1) is 22.7 Å². The number of anilines is 1. The third-order valence-corrected chi connectivity index (χ3v) is 7.45. The van der Waals surface area contributed by atoms with Gasteiger partial charge >= 0.3 is 0 Å². The van der Waals surface area contributed by atoms with Crippen LogP contribution < -0.4 is 4.31 Å². The molecular formula is C22H28N2O4S. The minimum absolute atomic E-state index is 0.199. The quantitative estimate of drug-likeness (QED) is 0.812. The van der Waals surface area contributed by atoms with Crippen LogP contribution in [-0.2, 0) is 10.0 Å². The summed E-state index contributed by atoms with van der Waals surface area (Å²) in [6.07, 6.45) is 2.89. The molecule has 0 unspecified atom stereocenters. The van der Waals surface area contributed by atoms with Crippen LogP contribution in [0.1, 0.15) is 41.6 Å². The van der Waals surface area contributed by atoms with E-state index in [1.807, 2.05) is 6.92 Å². The lowest BCUT2D eigenvalue weighted by atomic mass is 9.91. The molecule has 0 radical (unpaired) electrons. The zero-order valence-electron chi connectivity index (χ0n) is 17.1. The van der Waals surface area contributed by atoms with Gasteiger partial charge < -0.3 is 10.0 Å². The van der Waals surface area contributed by atoms with Crippen molar-refractivity contribution in [3.05, 3.63) is 59.7 Å². The molecule has 0 spiro atoms. The van der Waals surface area contributed by atoms with Gasteiger partial charge in [0.1, 0.15) is 0 Å². The lowest BCUT2D eigenvalue weighted by Crippen LogP contribution is -2.46. The third kappa shape index (κ3) is 4.46. The summed E-state index contributed by atoms with van der Waals surface area (Å²) in [5.74, 6) is -0.223. The monoisotopic (exact) mass is 416 g/mol. The number of rotatable bonds is 5. The summed E-state index contributed by atoms with van der Waals surface area (Å²) in [6, 6.07) is 13.0. The van der Waals surface area contributed by atoms with E-state index < -0.39 is 16.1 Å². The Hall–Kier alpha value is -2.38. The lowest BCUT2D eigenvalue weighted by molar-refractivity contribution is 0.0268. The predicted octanol–water partition coefficient (Wildman–Crippen LogP) is 3.20. The van der Waals surface area contributed by atoms with Crippen LogP contribution in [0.5, 0.6) is 0 Å². The standard InChI is InChI=1S/C22H28N2O4S/c1-16-11-13-19(14-12-16)29(27,28)24(3)18-8-6-7-17(15-18)22(26)23(2)20-9-4-5-10-21(20)25/h6-8,11-15,20-21,25H,4-5,9-10H2,1-3H3/t20-,21+/m0/s1. The summed E-state index contributed by atoms with van der Waals surface area (Å²) >= 11 is 0. The fraction of sp³-hybridized carbons (Fsp3) is 0.409. The van der Waals surface area contributed by atoms with E-state index in [0.717, 1.165) is 24.8 Å². The number of amides is 1. The fourth-order valence-corrected chi connectivity index (χ4v) is 4.93. The topological polar surface area (TPSA) is 77.9 Å². The summed E-state index contributed by atoms with van der Waals surface area (Å²) in [7, 11) is -0.557. The number of likely N-dealkylation sites (N-methyl/N-ethyl adjacent to an activating group) is 1. The first-order chi connectivity index (χ1) is 13.7. The second-order valence-electron chi connectivity index (χ2n) is 7.67. The number of hydrogen-bond acceptors (Lipinski definition) is 4. The average Bonchev–Trinajstić information content (AvgIpc) is 2.73. The molecule has 0 aliphatic heterocycles. The lowest BCUT2D eigenvalue weighted by Gasteiger charge is -2.35. The molecule has 2 aromatic rings. The number of aliphatic hydroxyl groups is 1. The van der Waals surface area contributed by atoms with E-state index in [1.165, 1.54) is 11.4 Å². The Balaban J connectivity index is 1.84. The van der Waals surface area contributed by atoms with Crippen LogP contribution >= 0.6 is 0 Å². The van der Waals surface area contributed by atoms with Gasteiger partial charge in [-0.3, -0.25) is 9.10 Å². The Kier molecular flexibility index (Phi) is 6.29. The Morgan fingerprint density at radius 1 is 1.03 bits per heavy atom. The van der Waals surface area contributed by atoms with Crippen LogP contribution in [0, 0.1) is 6.92 Å². The fourth-order valence-electron chi connectivity index (χ4n) is 3.74. The van der Waals surface area contributed by atoms with E-state index in [4.69, 9.17) is 0 Å². The van der Waals surface area contributed by atoms with E-state index in [1.54, 1.807) is 60.5 Å². The maximum atomic E-state index is 13.0. The molecule has 7 heteroatoms. The van der Waals surface area contributed by atoms with Gasteiger partial charge in [0.15, 0.2) is 0 Å². The van der Waals surface area contributed by atoms with E-state index in [-0.39, 0.29) is 16.8 Å². The van der Waals surface area contributed by atoms with Crippen LogP contribution in [-0.4, -0.2) is 50.6 Å². The predicted molar refractivity (Wildman–Crippen MR) is 114 cm³/mol. The number of carbonyl (C=O) groups excluding carboxylic acids is 1. The molecule has 0 aromatic heterocycles. The first kappa shape index (κ1) is 21.3. The van der Waals surface area contributed by atoms with E-state index in [0.29, 0.717) is 17.7 Å². The molecule has 2 aromatic carbocycles. The SMILES string of the molecule is Cc1ccc(S(=O)(=O)N(C)c2cccc(C(=O)N(C)[C@H]3CCCC[C@H]3O)c2)cc1. The molecule has 1 fully saturated rings. The van der Waals surface area contributed by atoms with Gasteiger partial charge in [0, 0.05) is 19.7 Å². The van der Waals surface area contributed by atoms with Crippen LogP contribution in [0.2, 0.25) is 0 Å². The van der Waals surface area contributed by atoms with Crippen LogP contribution in [0.4, 0.5) is 5.69 Å². The maximum absolute atomic E-state index is 13.0. The number of sulfonamides is 1.